The van der Waals surface area contributed by atoms with Crippen LogP contribution in [0.15, 0.2) is 24.3 Å². The van der Waals surface area contributed by atoms with Crippen molar-refractivity contribution in [3.63, 3.8) is 0 Å². The standard InChI is InChI=1S/C18H27NO3/c1-17(2)13-18(10-12-21-17)9-11-20-16(22-18)14-5-7-15(8-6-14)19(3)4/h5-8,16H,9-13H2,1-4H3. The number of benzene rings is 1. The zero-order chi connectivity index (χ0) is 15.8. The fourth-order valence-corrected chi connectivity index (χ4v) is 3.51. The highest BCUT2D eigenvalue weighted by Gasteiger charge is 2.45. The van der Waals surface area contributed by atoms with E-state index in [0.717, 1.165) is 38.0 Å². The third kappa shape index (κ3) is 3.29. The summed E-state index contributed by atoms with van der Waals surface area (Å²) < 4.78 is 18.2. The highest BCUT2D eigenvalue weighted by atomic mass is 16.7. The molecular formula is C18H27NO3. The van der Waals surface area contributed by atoms with E-state index in [1.807, 2.05) is 14.1 Å². The van der Waals surface area contributed by atoms with Gasteiger partial charge in [0, 0.05) is 44.6 Å². The minimum Gasteiger partial charge on any atom is -0.378 e. The van der Waals surface area contributed by atoms with Gasteiger partial charge in [-0.3, -0.25) is 0 Å². The molecule has 22 heavy (non-hydrogen) atoms. The van der Waals surface area contributed by atoms with Crippen LogP contribution in [0.5, 0.6) is 0 Å². The molecule has 2 unspecified atom stereocenters. The Morgan fingerprint density at radius 1 is 1.05 bits per heavy atom. The van der Waals surface area contributed by atoms with Crippen molar-refractivity contribution in [1.29, 1.82) is 0 Å². The molecule has 0 aliphatic carbocycles. The number of ether oxygens (including phenoxy) is 3. The van der Waals surface area contributed by atoms with Gasteiger partial charge in [0.1, 0.15) is 0 Å². The van der Waals surface area contributed by atoms with Gasteiger partial charge >= 0.3 is 0 Å². The number of nitrogens with zero attached hydrogens (tertiary/aromatic N) is 1. The lowest BCUT2D eigenvalue weighted by atomic mass is 9.81. The largest absolute Gasteiger partial charge is 0.378 e. The van der Waals surface area contributed by atoms with Crippen molar-refractivity contribution in [3.8, 4) is 0 Å². The maximum absolute atomic E-state index is 6.42. The molecule has 2 aliphatic rings. The van der Waals surface area contributed by atoms with Crippen LogP contribution >= 0.6 is 0 Å². The molecule has 0 radical (unpaired) electrons. The maximum Gasteiger partial charge on any atom is 0.184 e. The Hall–Kier alpha value is -1.10. The van der Waals surface area contributed by atoms with Crippen molar-refractivity contribution in [2.24, 2.45) is 0 Å². The molecule has 2 saturated heterocycles. The summed E-state index contributed by atoms with van der Waals surface area (Å²) >= 11 is 0. The highest BCUT2D eigenvalue weighted by molar-refractivity contribution is 5.46. The second-order valence-electron chi connectivity index (χ2n) is 7.27. The smallest absolute Gasteiger partial charge is 0.184 e. The van der Waals surface area contributed by atoms with E-state index in [1.54, 1.807) is 0 Å². The molecule has 0 bridgehead atoms. The van der Waals surface area contributed by atoms with Gasteiger partial charge in [0.2, 0.25) is 0 Å². The fraction of sp³-hybridized carbons (Fsp3) is 0.667. The summed E-state index contributed by atoms with van der Waals surface area (Å²) in [7, 11) is 4.09. The van der Waals surface area contributed by atoms with E-state index in [2.05, 4.69) is 43.0 Å². The van der Waals surface area contributed by atoms with E-state index < -0.39 is 0 Å². The van der Waals surface area contributed by atoms with Crippen molar-refractivity contribution < 1.29 is 14.2 Å². The van der Waals surface area contributed by atoms with E-state index >= 15 is 0 Å². The molecule has 2 atom stereocenters. The van der Waals surface area contributed by atoms with Gasteiger partial charge in [-0.2, -0.15) is 0 Å². The zero-order valence-corrected chi connectivity index (χ0v) is 14.1. The molecule has 4 nitrogen and oxygen atoms in total. The van der Waals surface area contributed by atoms with Crippen LogP contribution < -0.4 is 4.90 Å². The molecule has 0 amide bonds. The fourth-order valence-electron chi connectivity index (χ4n) is 3.51. The lowest BCUT2D eigenvalue weighted by Gasteiger charge is -2.48. The molecule has 2 fully saturated rings. The predicted octanol–water partition coefficient (Wildman–Crippen LogP) is 3.52. The van der Waals surface area contributed by atoms with Crippen LogP contribution in [0, 0.1) is 0 Å². The average Bonchev–Trinajstić information content (AvgIpc) is 2.46. The topological polar surface area (TPSA) is 30.9 Å². The lowest BCUT2D eigenvalue weighted by Crippen LogP contribution is -2.50. The molecule has 1 aromatic rings. The second kappa shape index (κ2) is 5.84. The van der Waals surface area contributed by atoms with E-state index in [0.29, 0.717) is 0 Å². The minimum atomic E-state index is -0.265. The van der Waals surface area contributed by atoms with Crippen LogP contribution in [0.4, 0.5) is 5.69 Å². The number of anilines is 1. The molecule has 0 N–H and O–H groups in total. The number of hydrogen-bond donors (Lipinski definition) is 0. The molecule has 4 heteroatoms. The van der Waals surface area contributed by atoms with Crippen LogP contribution in [0.2, 0.25) is 0 Å². The monoisotopic (exact) mass is 305 g/mol. The molecule has 1 spiro atoms. The number of rotatable bonds is 2. The molecule has 0 aromatic heterocycles. The summed E-state index contributed by atoms with van der Waals surface area (Å²) in [6.07, 6.45) is 2.56. The van der Waals surface area contributed by atoms with E-state index in [-0.39, 0.29) is 17.5 Å². The van der Waals surface area contributed by atoms with Gasteiger partial charge in [0.25, 0.3) is 0 Å². The Morgan fingerprint density at radius 3 is 2.36 bits per heavy atom. The van der Waals surface area contributed by atoms with Gasteiger partial charge in [0.05, 0.1) is 24.4 Å². The Labute approximate surface area is 133 Å². The van der Waals surface area contributed by atoms with Gasteiger partial charge in [-0.1, -0.05) is 12.1 Å². The Morgan fingerprint density at radius 2 is 1.73 bits per heavy atom. The second-order valence-corrected chi connectivity index (χ2v) is 7.27. The molecular weight excluding hydrogens is 278 g/mol. The summed E-state index contributed by atoms with van der Waals surface area (Å²) in [4.78, 5) is 2.09. The Balaban J connectivity index is 1.75. The van der Waals surface area contributed by atoms with Gasteiger partial charge in [-0.15, -0.1) is 0 Å². The minimum absolute atomic E-state index is 0.106. The maximum atomic E-state index is 6.42. The molecule has 3 rings (SSSR count). The summed E-state index contributed by atoms with van der Waals surface area (Å²) in [5.41, 5.74) is 2.05. The first-order chi connectivity index (χ1) is 10.4. The van der Waals surface area contributed by atoms with Gasteiger partial charge in [-0.25, -0.2) is 0 Å². The Kier molecular flexibility index (Phi) is 4.19. The molecule has 0 saturated carbocycles. The predicted molar refractivity (Wildman–Crippen MR) is 87.2 cm³/mol. The van der Waals surface area contributed by atoms with Crippen molar-refractivity contribution in [3.05, 3.63) is 29.8 Å². The molecule has 2 aliphatic heterocycles. The van der Waals surface area contributed by atoms with Crippen LogP contribution in [0.25, 0.3) is 0 Å². The van der Waals surface area contributed by atoms with Crippen LogP contribution in [0.3, 0.4) is 0 Å². The SMILES string of the molecule is CN(C)c1ccc(C2OCCC3(CCOC(C)(C)C3)O2)cc1. The number of hydrogen-bond acceptors (Lipinski definition) is 4. The van der Waals surface area contributed by atoms with Crippen molar-refractivity contribution in [1.82, 2.24) is 0 Å². The Bertz CT molecular complexity index is 508. The lowest BCUT2D eigenvalue weighted by molar-refractivity contribution is -0.293. The highest BCUT2D eigenvalue weighted by Crippen LogP contribution is 2.43. The first kappa shape index (κ1) is 15.8. The third-order valence-electron chi connectivity index (χ3n) is 4.66. The van der Waals surface area contributed by atoms with Crippen molar-refractivity contribution >= 4 is 5.69 Å². The first-order valence-electron chi connectivity index (χ1n) is 8.10. The van der Waals surface area contributed by atoms with Crippen LogP contribution in [0.1, 0.15) is 45.0 Å². The zero-order valence-electron chi connectivity index (χ0n) is 14.1. The van der Waals surface area contributed by atoms with Gasteiger partial charge < -0.3 is 19.1 Å². The van der Waals surface area contributed by atoms with Crippen LogP contribution in [-0.2, 0) is 14.2 Å². The molecule has 122 valence electrons. The summed E-state index contributed by atoms with van der Waals surface area (Å²) in [6.45, 7) is 5.80. The normalized spacial score (nSPS) is 31.2. The van der Waals surface area contributed by atoms with E-state index in [9.17, 15) is 0 Å². The quantitative estimate of drug-likeness (QED) is 0.836. The third-order valence-corrected chi connectivity index (χ3v) is 4.66. The molecule has 2 heterocycles. The van der Waals surface area contributed by atoms with Crippen molar-refractivity contribution in [2.75, 3.05) is 32.2 Å². The van der Waals surface area contributed by atoms with E-state index in [1.165, 1.54) is 5.69 Å². The van der Waals surface area contributed by atoms with Crippen molar-refractivity contribution in [2.45, 2.75) is 50.6 Å². The first-order valence-corrected chi connectivity index (χ1v) is 8.10. The van der Waals surface area contributed by atoms with E-state index in [4.69, 9.17) is 14.2 Å². The van der Waals surface area contributed by atoms with Crippen LogP contribution in [-0.4, -0.2) is 38.5 Å². The summed E-state index contributed by atoms with van der Waals surface area (Å²) in [5, 5.41) is 0. The summed E-state index contributed by atoms with van der Waals surface area (Å²) in [5.74, 6) is 0. The summed E-state index contributed by atoms with van der Waals surface area (Å²) in [6, 6.07) is 8.42. The molecule has 1 aromatic carbocycles. The average molecular weight is 305 g/mol. The van der Waals surface area contributed by atoms with Gasteiger partial charge in [-0.05, 0) is 26.0 Å². The van der Waals surface area contributed by atoms with Gasteiger partial charge in [0.15, 0.2) is 6.29 Å².